The maximum atomic E-state index is 13.8. The molecule has 6 rings (SSSR count). The van der Waals surface area contributed by atoms with Crippen molar-refractivity contribution in [3.8, 4) is 0 Å². The summed E-state index contributed by atoms with van der Waals surface area (Å²) >= 11 is 0. The number of nitrogens with zero attached hydrogens (tertiary/aromatic N) is 3. The Morgan fingerprint density at radius 3 is 2.14 bits per heavy atom. The van der Waals surface area contributed by atoms with Gasteiger partial charge in [-0.15, -0.1) is 0 Å². The van der Waals surface area contributed by atoms with Crippen molar-refractivity contribution in [2.75, 3.05) is 18.9 Å². The number of carbonyl (C=O) groups is 3. The maximum Gasteiger partial charge on any atom is 0.332 e. The maximum absolute atomic E-state index is 13.8. The topological polar surface area (TPSA) is 154 Å². The van der Waals surface area contributed by atoms with Crippen molar-refractivity contribution in [2.24, 2.45) is 37.3 Å². The van der Waals surface area contributed by atoms with Crippen LogP contribution in [0.5, 0.6) is 0 Å². The first kappa shape index (κ1) is 23.8. The zero-order valence-corrected chi connectivity index (χ0v) is 20.1. The summed E-state index contributed by atoms with van der Waals surface area (Å²) in [6.07, 6.45) is 5.21. The van der Waals surface area contributed by atoms with Gasteiger partial charge in [-0.3, -0.25) is 23.5 Å². The van der Waals surface area contributed by atoms with Crippen molar-refractivity contribution < 1.29 is 24.2 Å². The van der Waals surface area contributed by atoms with Crippen LogP contribution in [0.15, 0.2) is 9.59 Å². The lowest BCUT2D eigenvalue weighted by molar-refractivity contribution is -0.165. The van der Waals surface area contributed by atoms with Gasteiger partial charge >= 0.3 is 11.7 Å². The zero-order valence-electron chi connectivity index (χ0n) is 20.1. The predicted molar refractivity (Wildman–Crippen MR) is 123 cm³/mol. The Bertz CT molecular complexity index is 1180. The van der Waals surface area contributed by atoms with Crippen LogP contribution in [0.25, 0.3) is 0 Å². The van der Waals surface area contributed by atoms with Crippen molar-refractivity contribution >= 4 is 23.5 Å². The zero-order chi connectivity index (χ0) is 25.2. The number of hydrogen-bond donors (Lipinski definition) is 2. The second-order valence-corrected chi connectivity index (χ2v) is 11.1. The number of anilines is 1. The van der Waals surface area contributed by atoms with Crippen molar-refractivity contribution in [1.29, 1.82) is 0 Å². The molecule has 2 heterocycles. The number of esters is 1. The van der Waals surface area contributed by atoms with E-state index >= 15 is 0 Å². The van der Waals surface area contributed by atoms with Gasteiger partial charge in [0.25, 0.3) is 5.56 Å². The van der Waals surface area contributed by atoms with E-state index in [0.29, 0.717) is 17.8 Å². The minimum absolute atomic E-state index is 0.0366. The fourth-order valence-electron chi connectivity index (χ4n) is 7.37. The molecule has 4 bridgehead atoms. The molecule has 2 atom stereocenters. The molecule has 4 saturated carbocycles. The molecule has 5 fully saturated rings. The summed E-state index contributed by atoms with van der Waals surface area (Å²) in [6, 6.07) is -0.987. The van der Waals surface area contributed by atoms with Gasteiger partial charge < -0.3 is 20.5 Å². The Morgan fingerprint density at radius 2 is 1.57 bits per heavy atom. The SMILES string of the molecule is Cn1c(N)c(C(=O)COC(=O)[C@@H]2CC(O)CN2C(=O)C23CC4CC(CC(C4)C2)C3)c(=O)n(C)c1=O. The summed E-state index contributed by atoms with van der Waals surface area (Å²) in [4.78, 5) is 65.3. The minimum atomic E-state index is -0.987. The van der Waals surface area contributed by atoms with E-state index in [1.54, 1.807) is 0 Å². The minimum Gasteiger partial charge on any atom is -0.456 e. The number of aliphatic hydroxyl groups is 1. The molecule has 35 heavy (non-hydrogen) atoms. The molecule has 0 spiro atoms. The molecule has 1 unspecified atom stereocenters. The number of rotatable bonds is 5. The number of hydrogen-bond acceptors (Lipinski definition) is 8. The Morgan fingerprint density at radius 1 is 1.00 bits per heavy atom. The largest absolute Gasteiger partial charge is 0.456 e. The van der Waals surface area contributed by atoms with Gasteiger partial charge in [0.1, 0.15) is 17.4 Å². The van der Waals surface area contributed by atoms with E-state index in [1.807, 2.05) is 0 Å². The molecule has 11 nitrogen and oxygen atoms in total. The third-order valence-electron chi connectivity index (χ3n) is 8.64. The second kappa shape index (κ2) is 8.32. The summed E-state index contributed by atoms with van der Waals surface area (Å²) in [5.41, 5.74) is 3.35. The number of likely N-dealkylation sites (tertiary alicyclic amines) is 1. The van der Waals surface area contributed by atoms with Crippen molar-refractivity contribution in [2.45, 2.75) is 57.1 Å². The summed E-state index contributed by atoms with van der Waals surface area (Å²) in [5.74, 6) is -0.383. The van der Waals surface area contributed by atoms with Crippen LogP contribution in [0.1, 0.15) is 55.3 Å². The van der Waals surface area contributed by atoms with Crippen LogP contribution in [0, 0.1) is 23.2 Å². The van der Waals surface area contributed by atoms with Crippen LogP contribution in [0.3, 0.4) is 0 Å². The number of carbonyl (C=O) groups excluding carboxylic acids is 3. The lowest BCUT2D eigenvalue weighted by atomic mass is 9.49. The van der Waals surface area contributed by atoms with Crippen LogP contribution in [0.4, 0.5) is 5.82 Å². The molecule has 0 aromatic carbocycles. The van der Waals surface area contributed by atoms with Gasteiger partial charge in [0.05, 0.1) is 11.5 Å². The lowest BCUT2D eigenvalue weighted by Gasteiger charge is -2.56. The normalized spacial score (nSPS) is 33.2. The number of amides is 1. The van der Waals surface area contributed by atoms with E-state index in [0.717, 1.165) is 28.4 Å². The van der Waals surface area contributed by atoms with Crippen LogP contribution in [-0.4, -0.2) is 62.1 Å². The number of Topliss-reactive ketones (excluding diaryl/α,β-unsaturated/α-hetero) is 1. The lowest BCUT2D eigenvalue weighted by Crippen LogP contribution is -2.56. The van der Waals surface area contributed by atoms with E-state index in [-0.39, 0.29) is 24.7 Å². The summed E-state index contributed by atoms with van der Waals surface area (Å²) in [5, 5.41) is 10.3. The molecule has 1 aromatic heterocycles. The molecular weight excluding hydrogens is 456 g/mol. The molecule has 5 aliphatic rings. The number of nitrogen functional groups attached to an aromatic ring is 1. The van der Waals surface area contributed by atoms with Gasteiger partial charge in [-0.05, 0) is 56.3 Å². The molecule has 1 saturated heterocycles. The highest BCUT2D eigenvalue weighted by atomic mass is 16.5. The number of aliphatic hydroxyl groups excluding tert-OH is 1. The van der Waals surface area contributed by atoms with E-state index in [4.69, 9.17) is 10.5 Å². The van der Waals surface area contributed by atoms with Crippen LogP contribution in [0.2, 0.25) is 0 Å². The third-order valence-corrected chi connectivity index (χ3v) is 8.64. The first-order valence-electron chi connectivity index (χ1n) is 12.2. The first-order valence-corrected chi connectivity index (χ1v) is 12.2. The van der Waals surface area contributed by atoms with Gasteiger partial charge in [-0.2, -0.15) is 0 Å². The first-order chi connectivity index (χ1) is 16.5. The number of β-amino-alcohol motifs (C(OH)–C–C–N with tert-alkyl or cyclic N) is 1. The van der Waals surface area contributed by atoms with E-state index in [9.17, 15) is 29.1 Å². The Hall–Kier alpha value is -2.95. The molecule has 1 amide bonds. The van der Waals surface area contributed by atoms with Crippen molar-refractivity contribution in [3.05, 3.63) is 26.4 Å². The summed E-state index contributed by atoms with van der Waals surface area (Å²) in [7, 11) is 2.55. The monoisotopic (exact) mass is 488 g/mol. The van der Waals surface area contributed by atoms with Gasteiger partial charge in [0, 0.05) is 27.1 Å². The quantitative estimate of drug-likeness (QED) is 0.418. The summed E-state index contributed by atoms with van der Waals surface area (Å²) < 4.78 is 6.95. The fraction of sp³-hybridized carbons (Fsp3) is 0.708. The smallest absolute Gasteiger partial charge is 0.332 e. The highest BCUT2D eigenvalue weighted by Gasteiger charge is 2.57. The van der Waals surface area contributed by atoms with Crippen LogP contribution < -0.4 is 17.0 Å². The van der Waals surface area contributed by atoms with Crippen molar-refractivity contribution in [3.63, 3.8) is 0 Å². The third kappa shape index (κ3) is 3.80. The Labute approximate surface area is 201 Å². The van der Waals surface area contributed by atoms with Gasteiger partial charge in [-0.25, -0.2) is 9.59 Å². The molecule has 1 aromatic rings. The van der Waals surface area contributed by atoms with Gasteiger partial charge in [-0.1, -0.05) is 0 Å². The molecule has 3 N–H and O–H groups in total. The number of aromatic nitrogens is 2. The molecule has 190 valence electrons. The van der Waals surface area contributed by atoms with Gasteiger partial charge in [0.2, 0.25) is 11.7 Å². The molecule has 0 radical (unpaired) electrons. The van der Waals surface area contributed by atoms with E-state index in [2.05, 4.69) is 0 Å². The van der Waals surface area contributed by atoms with Gasteiger partial charge in [0.15, 0.2) is 6.61 Å². The van der Waals surface area contributed by atoms with E-state index < -0.39 is 52.7 Å². The average Bonchev–Trinajstić information content (AvgIpc) is 3.20. The van der Waals surface area contributed by atoms with Crippen molar-refractivity contribution in [1.82, 2.24) is 14.0 Å². The highest BCUT2D eigenvalue weighted by molar-refractivity contribution is 6.01. The second-order valence-electron chi connectivity index (χ2n) is 11.1. The number of ether oxygens (including phenoxy) is 1. The molecule has 1 aliphatic heterocycles. The standard InChI is InChI=1S/C24H32N4O7/c1-26-19(25)18(20(31)27(2)23(26)34)17(30)11-35-21(32)16-6-15(29)10-28(16)22(33)24-7-12-3-13(8-24)5-14(4-12)9-24/h12-16,29H,3-11,25H2,1-2H3/t12?,13?,14?,15?,16-,24?/m0/s1. The summed E-state index contributed by atoms with van der Waals surface area (Å²) in [6.45, 7) is -0.703. The molecule has 11 heteroatoms. The Kier molecular flexibility index (Phi) is 5.65. The highest BCUT2D eigenvalue weighted by Crippen LogP contribution is 2.60. The van der Waals surface area contributed by atoms with E-state index in [1.165, 1.54) is 38.3 Å². The number of nitrogens with two attached hydrogens (primary N) is 1. The molecule has 4 aliphatic carbocycles. The fourth-order valence-corrected chi connectivity index (χ4v) is 7.37. The predicted octanol–water partition coefficient (Wildman–Crippen LogP) is -0.430. The average molecular weight is 489 g/mol. The molecular formula is C24H32N4O7. The Balaban J connectivity index is 1.31. The van der Waals surface area contributed by atoms with Crippen LogP contribution in [-0.2, 0) is 28.4 Å². The number of ketones is 1. The van der Waals surface area contributed by atoms with Crippen LogP contribution >= 0.6 is 0 Å².